The number of hydrogen-bond donors (Lipinski definition) is 1. The summed E-state index contributed by atoms with van der Waals surface area (Å²) in [7, 11) is 0. The molecule has 4 nitrogen and oxygen atoms in total. The minimum atomic E-state index is 0.450. The second-order valence-corrected chi connectivity index (χ2v) is 4.32. The van der Waals surface area contributed by atoms with Gasteiger partial charge in [0.15, 0.2) is 5.82 Å². The number of anilines is 1. The van der Waals surface area contributed by atoms with Crippen molar-refractivity contribution in [3.63, 3.8) is 0 Å². The lowest BCUT2D eigenvalue weighted by Gasteiger charge is -2.07. The molecule has 0 saturated heterocycles. The third kappa shape index (κ3) is 1.90. The lowest BCUT2D eigenvalue weighted by Crippen LogP contribution is -2.01. The van der Waals surface area contributed by atoms with Crippen molar-refractivity contribution >= 4 is 21.7 Å². The van der Waals surface area contributed by atoms with Crippen LogP contribution in [-0.4, -0.2) is 15.0 Å². The zero-order valence-corrected chi connectivity index (χ0v) is 10.6. The van der Waals surface area contributed by atoms with Gasteiger partial charge >= 0.3 is 0 Å². The summed E-state index contributed by atoms with van der Waals surface area (Å²) in [6, 6.07) is 1.92. The molecule has 0 aliphatic heterocycles. The van der Waals surface area contributed by atoms with Gasteiger partial charge in [0.2, 0.25) is 0 Å². The van der Waals surface area contributed by atoms with E-state index in [0.29, 0.717) is 11.6 Å². The molecular formula is C11H11BrN4. The fraction of sp³-hybridized carbons (Fsp3) is 0.182. The quantitative estimate of drug-likeness (QED) is 0.871. The number of aryl methyl sites for hydroxylation is 2. The van der Waals surface area contributed by atoms with E-state index in [-0.39, 0.29) is 0 Å². The Hall–Kier alpha value is -1.49. The maximum absolute atomic E-state index is 5.79. The molecule has 0 aliphatic rings. The molecule has 2 aromatic rings. The molecular weight excluding hydrogens is 268 g/mol. The predicted molar refractivity (Wildman–Crippen MR) is 66.8 cm³/mol. The second kappa shape index (κ2) is 4.17. The van der Waals surface area contributed by atoms with Crippen LogP contribution in [0.4, 0.5) is 5.82 Å². The highest BCUT2D eigenvalue weighted by atomic mass is 79.9. The van der Waals surface area contributed by atoms with Crippen molar-refractivity contribution in [3.05, 3.63) is 34.2 Å². The van der Waals surface area contributed by atoms with Crippen LogP contribution in [0.25, 0.3) is 11.4 Å². The summed E-state index contributed by atoms with van der Waals surface area (Å²) < 4.78 is 0.748. The molecule has 82 valence electrons. The monoisotopic (exact) mass is 278 g/mol. The molecule has 2 heterocycles. The number of rotatable bonds is 1. The van der Waals surface area contributed by atoms with Gasteiger partial charge in [-0.2, -0.15) is 0 Å². The molecule has 0 fully saturated rings. The Labute approximate surface area is 102 Å². The summed E-state index contributed by atoms with van der Waals surface area (Å²) in [6.45, 7) is 3.88. The first kappa shape index (κ1) is 11.0. The topological polar surface area (TPSA) is 64.7 Å². The van der Waals surface area contributed by atoms with Crippen LogP contribution in [0.2, 0.25) is 0 Å². The number of hydrogen-bond acceptors (Lipinski definition) is 4. The molecule has 0 aromatic carbocycles. The molecule has 5 heteroatoms. The van der Waals surface area contributed by atoms with Crippen LogP contribution in [0.3, 0.4) is 0 Å². The summed E-state index contributed by atoms with van der Waals surface area (Å²) in [5.74, 6) is 1.06. The van der Waals surface area contributed by atoms with Crippen molar-refractivity contribution in [2.75, 3.05) is 5.73 Å². The van der Waals surface area contributed by atoms with Gasteiger partial charge < -0.3 is 5.73 Å². The molecule has 16 heavy (non-hydrogen) atoms. The number of halogens is 1. The number of aromatic nitrogens is 3. The fourth-order valence-electron chi connectivity index (χ4n) is 1.40. The minimum absolute atomic E-state index is 0.450. The zero-order valence-electron chi connectivity index (χ0n) is 9.03. The molecule has 0 radical (unpaired) electrons. The molecule has 2 N–H and O–H groups in total. The van der Waals surface area contributed by atoms with Gasteiger partial charge in [-0.15, -0.1) is 0 Å². The van der Waals surface area contributed by atoms with Crippen molar-refractivity contribution in [1.29, 1.82) is 0 Å². The Balaban J connectivity index is 2.62. The van der Waals surface area contributed by atoms with E-state index < -0.39 is 0 Å². The molecule has 2 rings (SSSR count). The number of nitrogens with zero attached hydrogens (tertiary/aromatic N) is 3. The Morgan fingerprint density at radius 3 is 2.62 bits per heavy atom. The first-order valence-electron chi connectivity index (χ1n) is 4.80. The summed E-state index contributed by atoms with van der Waals surface area (Å²) in [4.78, 5) is 12.7. The maximum atomic E-state index is 5.79. The Bertz CT molecular complexity index is 516. The summed E-state index contributed by atoms with van der Waals surface area (Å²) >= 11 is 3.34. The van der Waals surface area contributed by atoms with Crippen LogP contribution in [0, 0.1) is 13.8 Å². The average molecular weight is 279 g/mol. The molecule has 0 spiro atoms. The van der Waals surface area contributed by atoms with Crippen LogP contribution in [0.15, 0.2) is 22.9 Å². The minimum Gasteiger partial charge on any atom is -0.383 e. The first-order chi connectivity index (χ1) is 7.59. The van der Waals surface area contributed by atoms with Crippen molar-refractivity contribution in [1.82, 2.24) is 15.0 Å². The zero-order chi connectivity index (χ0) is 11.7. The van der Waals surface area contributed by atoms with Crippen molar-refractivity contribution in [2.45, 2.75) is 13.8 Å². The third-order valence-electron chi connectivity index (χ3n) is 2.32. The van der Waals surface area contributed by atoms with E-state index in [1.807, 2.05) is 19.9 Å². The van der Waals surface area contributed by atoms with E-state index in [0.717, 1.165) is 21.3 Å². The van der Waals surface area contributed by atoms with E-state index in [1.165, 1.54) is 0 Å². The van der Waals surface area contributed by atoms with E-state index in [2.05, 4.69) is 30.9 Å². The van der Waals surface area contributed by atoms with Gasteiger partial charge in [0.05, 0.1) is 10.2 Å². The number of nitrogen functional groups attached to an aromatic ring is 1. The third-order valence-corrected chi connectivity index (χ3v) is 3.30. The summed E-state index contributed by atoms with van der Waals surface area (Å²) in [6.07, 6.45) is 3.49. The van der Waals surface area contributed by atoms with Gasteiger partial charge in [-0.3, -0.25) is 4.98 Å². The highest BCUT2D eigenvalue weighted by Gasteiger charge is 2.10. The second-order valence-electron chi connectivity index (χ2n) is 3.52. The smallest absolute Gasteiger partial charge is 0.163 e. The molecule has 0 saturated carbocycles. The SMILES string of the molecule is Cc1ccncc1-c1nc(C)c(Br)c(N)n1. The fourth-order valence-corrected chi connectivity index (χ4v) is 1.58. The van der Waals surface area contributed by atoms with E-state index >= 15 is 0 Å². The van der Waals surface area contributed by atoms with E-state index in [9.17, 15) is 0 Å². The molecule has 0 unspecified atom stereocenters. The van der Waals surface area contributed by atoms with Crippen LogP contribution < -0.4 is 5.73 Å². The van der Waals surface area contributed by atoms with Gasteiger partial charge in [-0.25, -0.2) is 9.97 Å². The van der Waals surface area contributed by atoms with Gasteiger partial charge in [-0.1, -0.05) is 0 Å². The van der Waals surface area contributed by atoms with E-state index in [4.69, 9.17) is 5.73 Å². The highest BCUT2D eigenvalue weighted by molar-refractivity contribution is 9.10. The lowest BCUT2D eigenvalue weighted by atomic mass is 10.1. The van der Waals surface area contributed by atoms with Crippen molar-refractivity contribution in [3.8, 4) is 11.4 Å². The first-order valence-corrected chi connectivity index (χ1v) is 5.59. The largest absolute Gasteiger partial charge is 0.383 e. The Kier molecular flexibility index (Phi) is 2.87. The van der Waals surface area contributed by atoms with Crippen LogP contribution >= 0.6 is 15.9 Å². The predicted octanol–water partition coefficient (Wildman–Crippen LogP) is 2.50. The lowest BCUT2D eigenvalue weighted by molar-refractivity contribution is 1.09. The van der Waals surface area contributed by atoms with Crippen LogP contribution in [0.1, 0.15) is 11.3 Å². The van der Waals surface area contributed by atoms with Gasteiger partial charge in [0.1, 0.15) is 5.82 Å². The molecule has 2 aromatic heterocycles. The molecule has 0 bridgehead atoms. The standard InChI is InChI=1S/C11H11BrN4/c1-6-3-4-14-5-8(6)11-15-7(2)9(12)10(13)16-11/h3-5H,1-2H3,(H2,13,15,16). The summed E-state index contributed by atoms with van der Waals surface area (Å²) in [5, 5.41) is 0. The van der Waals surface area contributed by atoms with Gasteiger partial charge in [0.25, 0.3) is 0 Å². The molecule has 0 aliphatic carbocycles. The van der Waals surface area contributed by atoms with E-state index in [1.54, 1.807) is 12.4 Å². The molecule has 0 amide bonds. The summed E-state index contributed by atoms with van der Waals surface area (Å²) in [5.41, 5.74) is 8.60. The van der Waals surface area contributed by atoms with Crippen molar-refractivity contribution in [2.24, 2.45) is 0 Å². The normalized spacial score (nSPS) is 10.4. The maximum Gasteiger partial charge on any atom is 0.163 e. The molecule has 0 atom stereocenters. The van der Waals surface area contributed by atoms with Gasteiger partial charge in [-0.05, 0) is 41.4 Å². The average Bonchev–Trinajstić information content (AvgIpc) is 2.26. The van der Waals surface area contributed by atoms with Gasteiger partial charge in [0, 0.05) is 18.0 Å². The van der Waals surface area contributed by atoms with Crippen LogP contribution in [0.5, 0.6) is 0 Å². The highest BCUT2D eigenvalue weighted by Crippen LogP contribution is 2.25. The Morgan fingerprint density at radius 1 is 1.25 bits per heavy atom. The Morgan fingerprint density at radius 2 is 2.00 bits per heavy atom. The number of pyridine rings is 1. The van der Waals surface area contributed by atoms with Crippen LogP contribution in [-0.2, 0) is 0 Å². The number of nitrogens with two attached hydrogens (primary N) is 1. The van der Waals surface area contributed by atoms with Crippen molar-refractivity contribution < 1.29 is 0 Å².